The van der Waals surface area contributed by atoms with Crippen LogP contribution >= 0.6 is 0 Å². The van der Waals surface area contributed by atoms with Crippen LogP contribution in [0.25, 0.3) is 27.8 Å². The van der Waals surface area contributed by atoms with Crippen LogP contribution in [0.1, 0.15) is 34.7 Å². The van der Waals surface area contributed by atoms with Gasteiger partial charge in [0.15, 0.2) is 11.2 Å². The number of carbonyl (C=O) groups excluding carboxylic acids is 1. The number of fused-ring (bicyclic) bond motifs is 1. The highest BCUT2D eigenvalue weighted by Crippen LogP contribution is 2.28. The molecule has 0 saturated carbocycles. The summed E-state index contributed by atoms with van der Waals surface area (Å²) in [6.45, 7) is 3.27. The molecule has 1 aliphatic rings. The van der Waals surface area contributed by atoms with E-state index in [-0.39, 0.29) is 18.0 Å². The predicted molar refractivity (Wildman–Crippen MR) is 172 cm³/mol. The molecule has 0 N–H and O–H groups in total. The van der Waals surface area contributed by atoms with Crippen molar-refractivity contribution in [2.24, 2.45) is 5.92 Å². The fraction of sp³-hybridized carbons (Fsp3) is 0.306. The minimum atomic E-state index is -0.467. The third-order valence-electron chi connectivity index (χ3n) is 8.36. The summed E-state index contributed by atoms with van der Waals surface area (Å²) in [6.07, 6.45) is 2.34. The fourth-order valence-electron chi connectivity index (χ4n) is 6.01. The summed E-state index contributed by atoms with van der Waals surface area (Å²) in [6, 6.07) is 29.3. The minimum Gasteiger partial charge on any atom is -0.460 e. The van der Waals surface area contributed by atoms with Crippen molar-refractivity contribution in [3.63, 3.8) is 0 Å². The molecule has 0 aliphatic carbocycles. The van der Waals surface area contributed by atoms with E-state index >= 15 is 0 Å². The first-order valence-corrected chi connectivity index (χ1v) is 15.2. The zero-order valence-electron chi connectivity index (χ0n) is 25.3. The van der Waals surface area contributed by atoms with E-state index < -0.39 is 5.97 Å². The number of carbonyl (C=O) groups is 1. The molecule has 0 unspecified atom stereocenters. The standard InChI is InChI=1S/C36H38N4O4/c1-38(2)21-22-43-36(42)34-31(35(41)30-15-9-10-16-33(30)40(34)28-13-7-4-8-14-28)23-26-17-19-39(20-18-26)25-29-24-32(37-44-29)27-11-5-3-6-12-27/h3-16,24,26H,17-23,25H2,1-2H3. The van der Waals surface area contributed by atoms with Crippen LogP contribution in [-0.2, 0) is 17.7 Å². The topological polar surface area (TPSA) is 80.8 Å². The maximum Gasteiger partial charge on any atom is 0.355 e. The summed E-state index contributed by atoms with van der Waals surface area (Å²) in [5.41, 5.74) is 4.16. The molecule has 5 aromatic rings. The van der Waals surface area contributed by atoms with Crippen molar-refractivity contribution >= 4 is 16.9 Å². The van der Waals surface area contributed by atoms with Crippen molar-refractivity contribution in [3.05, 3.63) is 118 Å². The normalized spacial score (nSPS) is 14.3. The van der Waals surface area contributed by atoms with Gasteiger partial charge in [-0.1, -0.05) is 65.8 Å². The predicted octanol–water partition coefficient (Wildman–Crippen LogP) is 5.82. The van der Waals surface area contributed by atoms with Gasteiger partial charge in [0.2, 0.25) is 0 Å². The molecular formula is C36H38N4O4. The van der Waals surface area contributed by atoms with Crippen molar-refractivity contribution in [2.75, 3.05) is 40.3 Å². The Morgan fingerprint density at radius 3 is 2.36 bits per heavy atom. The summed E-state index contributed by atoms with van der Waals surface area (Å²) >= 11 is 0. The van der Waals surface area contributed by atoms with E-state index in [2.05, 4.69) is 10.1 Å². The van der Waals surface area contributed by atoms with Crippen LogP contribution in [-0.4, -0.2) is 65.8 Å². The molecule has 0 amide bonds. The average Bonchev–Trinajstić information content (AvgIpc) is 3.52. The highest BCUT2D eigenvalue weighted by molar-refractivity contribution is 5.95. The summed E-state index contributed by atoms with van der Waals surface area (Å²) in [5.74, 6) is 0.628. The molecule has 3 heterocycles. The maximum absolute atomic E-state index is 14.1. The number of esters is 1. The van der Waals surface area contributed by atoms with Crippen LogP contribution in [0.3, 0.4) is 0 Å². The molecule has 2 aromatic heterocycles. The SMILES string of the molecule is CN(C)CCOC(=O)c1c(CC2CCN(Cc3cc(-c4ccccc4)no3)CC2)c(=O)c2ccccc2n1-c1ccccc1. The fourth-order valence-corrected chi connectivity index (χ4v) is 6.01. The third kappa shape index (κ3) is 6.51. The quantitative estimate of drug-likeness (QED) is 0.190. The van der Waals surface area contributed by atoms with Crippen molar-refractivity contribution in [1.82, 2.24) is 19.5 Å². The highest BCUT2D eigenvalue weighted by Gasteiger charge is 2.28. The Morgan fingerprint density at radius 2 is 1.64 bits per heavy atom. The zero-order valence-corrected chi connectivity index (χ0v) is 25.3. The van der Waals surface area contributed by atoms with Gasteiger partial charge in [0, 0.05) is 34.8 Å². The first-order valence-electron chi connectivity index (χ1n) is 15.2. The lowest BCUT2D eigenvalue weighted by atomic mass is 9.88. The molecule has 8 heteroatoms. The van der Waals surface area contributed by atoms with Crippen molar-refractivity contribution in [3.8, 4) is 16.9 Å². The molecule has 226 valence electrons. The molecule has 1 fully saturated rings. The Hall–Kier alpha value is -4.53. The van der Waals surface area contributed by atoms with Gasteiger partial charge in [-0.2, -0.15) is 0 Å². The van der Waals surface area contributed by atoms with Crippen LogP contribution in [0, 0.1) is 5.92 Å². The molecule has 0 atom stereocenters. The second-order valence-corrected chi connectivity index (χ2v) is 11.8. The van der Waals surface area contributed by atoms with Gasteiger partial charge in [0.1, 0.15) is 18.0 Å². The number of para-hydroxylation sites is 2. The van der Waals surface area contributed by atoms with Crippen molar-refractivity contribution < 1.29 is 14.1 Å². The van der Waals surface area contributed by atoms with E-state index in [4.69, 9.17) is 9.26 Å². The van der Waals surface area contributed by atoms with Gasteiger partial charge in [-0.05, 0) is 76.6 Å². The van der Waals surface area contributed by atoms with Crippen LogP contribution in [0.5, 0.6) is 0 Å². The maximum atomic E-state index is 14.1. The molecule has 1 saturated heterocycles. The van der Waals surface area contributed by atoms with Gasteiger partial charge < -0.3 is 18.7 Å². The van der Waals surface area contributed by atoms with Gasteiger partial charge in [0.25, 0.3) is 0 Å². The second-order valence-electron chi connectivity index (χ2n) is 11.8. The van der Waals surface area contributed by atoms with Gasteiger partial charge in [-0.3, -0.25) is 9.69 Å². The number of likely N-dealkylation sites (tertiary alicyclic amines) is 1. The Labute approximate surface area is 257 Å². The number of piperidine rings is 1. The van der Waals surface area contributed by atoms with E-state index in [0.717, 1.165) is 48.6 Å². The van der Waals surface area contributed by atoms with E-state index in [1.54, 1.807) is 0 Å². The number of benzene rings is 3. The smallest absolute Gasteiger partial charge is 0.355 e. The molecule has 1 aliphatic heterocycles. The number of aromatic nitrogens is 2. The molecule has 0 radical (unpaired) electrons. The number of ether oxygens (including phenoxy) is 1. The first kappa shape index (κ1) is 29.5. The number of hydrogen-bond acceptors (Lipinski definition) is 7. The lowest BCUT2D eigenvalue weighted by Gasteiger charge is -2.31. The van der Waals surface area contributed by atoms with E-state index in [0.29, 0.717) is 41.7 Å². The molecular weight excluding hydrogens is 552 g/mol. The molecule has 6 rings (SSSR count). The number of nitrogens with zero attached hydrogens (tertiary/aromatic N) is 4. The highest BCUT2D eigenvalue weighted by atomic mass is 16.5. The Balaban J connectivity index is 1.26. The monoisotopic (exact) mass is 590 g/mol. The van der Waals surface area contributed by atoms with Crippen LogP contribution in [0.2, 0.25) is 0 Å². The van der Waals surface area contributed by atoms with Gasteiger partial charge >= 0.3 is 5.97 Å². The molecule has 0 spiro atoms. The molecule has 0 bridgehead atoms. The second kappa shape index (κ2) is 13.4. The number of rotatable bonds is 10. The largest absolute Gasteiger partial charge is 0.460 e. The summed E-state index contributed by atoms with van der Waals surface area (Å²) in [7, 11) is 3.87. The lowest BCUT2D eigenvalue weighted by Crippen LogP contribution is -2.35. The van der Waals surface area contributed by atoms with Crippen molar-refractivity contribution in [1.29, 1.82) is 0 Å². The lowest BCUT2D eigenvalue weighted by molar-refractivity contribution is 0.0470. The van der Waals surface area contributed by atoms with Crippen molar-refractivity contribution in [2.45, 2.75) is 25.8 Å². The molecule has 3 aromatic carbocycles. The Kier molecular flexibility index (Phi) is 9.00. The number of hydrogen-bond donors (Lipinski definition) is 0. The van der Waals surface area contributed by atoms with Crippen LogP contribution in [0.15, 0.2) is 100 Å². The van der Waals surface area contributed by atoms with E-state index in [9.17, 15) is 9.59 Å². The number of pyridine rings is 1. The van der Waals surface area contributed by atoms with Gasteiger partial charge in [0.05, 0.1) is 12.1 Å². The molecule has 44 heavy (non-hydrogen) atoms. The van der Waals surface area contributed by atoms with E-state index in [1.807, 2.05) is 115 Å². The van der Waals surface area contributed by atoms with Gasteiger partial charge in [-0.15, -0.1) is 0 Å². The van der Waals surface area contributed by atoms with E-state index in [1.165, 1.54) is 0 Å². The molecule has 8 nitrogen and oxygen atoms in total. The third-order valence-corrected chi connectivity index (χ3v) is 8.36. The Morgan fingerprint density at radius 1 is 0.955 bits per heavy atom. The van der Waals surface area contributed by atoms with Crippen LogP contribution in [0.4, 0.5) is 0 Å². The Bertz CT molecular complexity index is 1770. The summed E-state index contributed by atoms with van der Waals surface area (Å²) in [4.78, 5) is 32.2. The van der Waals surface area contributed by atoms with Gasteiger partial charge in [-0.25, -0.2) is 4.79 Å². The first-order chi connectivity index (χ1) is 21.5. The van der Waals surface area contributed by atoms with Crippen LogP contribution < -0.4 is 5.43 Å². The number of likely N-dealkylation sites (N-methyl/N-ethyl adjacent to an activating group) is 1. The summed E-state index contributed by atoms with van der Waals surface area (Å²) in [5, 5.41) is 4.87. The average molecular weight is 591 g/mol. The minimum absolute atomic E-state index is 0.0927. The summed E-state index contributed by atoms with van der Waals surface area (Å²) < 4.78 is 13.4. The zero-order chi connectivity index (χ0) is 30.5.